The van der Waals surface area contributed by atoms with E-state index in [-0.39, 0.29) is 55.6 Å². The highest BCUT2D eigenvalue weighted by Gasteiger charge is 2.37. The van der Waals surface area contributed by atoms with Crippen molar-refractivity contribution in [1.29, 1.82) is 0 Å². The molecule has 8 nitrogen and oxygen atoms in total. The van der Waals surface area contributed by atoms with E-state index in [2.05, 4.69) is 25.1 Å². The largest absolute Gasteiger partial charge is 0.459 e. The molecule has 0 radical (unpaired) electrons. The normalized spacial score (nSPS) is 22.1. The van der Waals surface area contributed by atoms with E-state index in [1.165, 1.54) is 31.4 Å². The quantitative estimate of drug-likeness (QED) is 0.273. The van der Waals surface area contributed by atoms with Gasteiger partial charge in [0.05, 0.1) is 15.2 Å². The summed E-state index contributed by atoms with van der Waals surface area (Å²) in [5.41, 5.74) is 6.78. The summed E-state index contributed by atoms with van der Waals surface area (Å²) in [5.74, 6) is -0.436. The zero-order valence-corrected chi connectivity index (χ0v) is 25.1. The summed E-state index contributed by atoms with van der Waals surface area (Å²) >= 11 is 7.86. The molecule has 222 valence electrons. The van der Waals surface area contributed by atoms with Crippen molar-refractivity contribution in [3.63, 3.8) is 0 Å². The Morgan fingerprint density at radius 3 is 2.60 bits per heavy atom. The maximum Gasteiger partial charge on any atom is 0.319 e. The molecule has 0 aliphatic carbocycles. The first-order valence-electron chi connectivity index (χ1n) is 14.8. The van der Waals surface area contributed by atoms with Crippen molar-refractivity contribution in [2.75, 3.05) is 43.4 Å². The SMILES string of the molecule is CC(CN1CCCCC1)Oc1nc(N2C3CCCC2CNC3)c2cc(Cl)c(-c3ccc(F)c4sc(N)nc34)c(F)c2n1. The molecule has 12 heteroatoms. The highest BCUT2D eigenvalue weighted by Crippen LogP contribution is 2.44. The molecule has 3 atom stereocenters. The number of hydrogen-bond acceptors (Lipinski definition) is 9. The fraction of sp³-hybridized carbons (Fsp3) is 0.500. The van der Waals surface area contributed by atoms with Gasteiger partial charge in [-0.3, -0.25) is 4.90 Å². The van der Waals surface area contributed by atoms with Gasteiger partial charge in [-0.05, 0) is 70.3 Å². The van der Waals surface area contributed by atoms with E-state index in [1.807, 2.05) is 6.92 Å². The molecule has 0 spiro atoms. The summed E-state index contributed by atoms with van der Waals surface area (Å²) < 4.78 is 37.9. The highest BCUT2D eigenvalue weighted by atomic mass is 35.5. The Bertz CT molecular complexity index is 1620. The summed E-state index contributed by atoms with van der Waals surface area (Å²) in [6.07, 6.45) is 6.63. The molecule has 3 saturated heterocycles. The third-order valence-corrected chi connectivity index (χ3v) is 9.95. The maximum atomic E-state index is 16.8. The van der Waals surface area contributed by atoms with Gasteiger partial charge >= 0.3 is 6.01 Å². The van der Waals surface area contributed by atoms with Crippen molar-refractivity contribution in [3.05, 3.63) is 34.9 Å². The van der Waals surface area contributed by atoms with Crippen LogP contribution in [0.2, 0.25) is 5.02 Å². The Morgan fingerprint density at radius 2 is 1.83 bits per heavy atom. The number of piperazine rings is 1. The number of nitrogens with zero attached hydrogens (tertiary/aromatic N) is 5. The van der Waals surface area contributed by atoms with Gasteiger partial charge in [0.1, 0.15) is 23.3 Å². The van der Waals surface area contributed by atoms with Crippen LogP contribution in [0.4, 0.5) is 19.7 Å². The first-order valence-corrected chi connectivity index (χ1v) is 16.0. The Balaban J connectivity index is 1.37. The maximum absolute atomic E-state index is 16.8. The van der Waals surface area contributed by atoms with Crippen molar-refractivity contribution >= 4 is 55.0 Å². The Hall–Kier alpha value is -2.86. The van der Waals surface area contributed by atoms with Crippen LogP contribution in [0.3, 0.4) is 0 Å². The number of ether oxygens (including phenoxy) is 1. The molecule has 3 aliphatic heterocycles. The van der Waals surface area contributed by atoms with Crippen molar-refractivity contribution in [3.8, 4) is 17.1 Å². The number of thiazole rings is 1. The number of nitrogen functional groups attached to an aromatic ring is 1. The van der Waals surface area contributed by atoms with Crippen molar-refractivity contribution < 1.29 is 13.5 Å². The third kappa shape index (κ3) is 5.04. The Kier molecular flexibility index (Phi) is 7.54. The number of aromatic nitrogens is 3. The average molecular weight is 614 g/mol. The molecule has 42 heavy (non-hydrogen) atoms. The number of hydrogen-bond donors (Lipinski definition) is 2. The summed E-state index contributed by atoms with van der Waals surface area (Å²) in [7, 11) is 0. The van der Waals surface area contributed by atoms with Crippen LogP contribution in [-0.4, -0.2) is 70.8 Å². The zero-order valence-electron chi connectivity index (χ0n) is 23.5. The molecule has 3 aliphatic rings. The van der Waals surface area contributed by atoms with Gasteiger partial charge in [0.2, 0.25) is 0 Å². The second-order valence-corrected chi connectivity index (χ2v) is 13.1. The first-order chi connectivity index (χ1) is 20.4. The molecule has 2 aromatic heterocycles. The minimum Gasteiger partial charge on any atom is -0.459 e. The van der Waals surface area contributed by atoms with E-state index < -0.39 is 11.6 Å². The van der Waals surface area contributed by atoms with Crippen LogP contribution >= 0.6 is 22.9 Å². The van der Waals surface area contributed by atoms with E-state index in [4.69, 9.17) is 27.1 Å². The zero-order chi connectivity index (χ0) is 29.0. The number of nitrogens with two attached hydrogens (primary N) is 1. The summed E-state index contributed by atoms with van der Waals surface area (Å²) in [6.45, 7) is 6.51. The number of likely N-dealkylation sites (tertiary alicyclic amines) is 1. The standard InChI is InChI=1S/C30H34ClF2N7OS/c1-16(15-39-10-3-2-4-11-39)41-30-37-25-20(28(38-30)40-17-6-5-7-18(40)14-35-13-17)12-21(31)23(24(25)33)19-8-9-22(32)27-26(19)36-29(34)42-27/h8-9,12,16-18,35H,2-7,10-11,13-15H2,1H3,(H2,34,36). The van der Waals surface area contributed by atoms with Gasteiger partial charge in [0.15, 0.2) is 10.9 Å². The van der Waals surface area contributed by atoms with Gasteiger partial charge in [-0.1, -0.05) is 29.4 Å². The fourth-order valence-electron chi connectivity index (χ4n) is 6.90. The van der Waals surface area contributed by atoms with E-state index in [0.29, 0.717) is 16.8 Å². The minimum atomic E-state index is -0.616. The van der Waals surface area contributed by atoms with Crippen molar-refractivity contribution in [2.24, 2.45) is 0 Å². The lowest BCUT2D eigenvalue weighted by atomic mass is 9.91. The minimum absolute atomic E-state index is 0.108. The average Bonchev–Trinajstić information content (AvgIpc) is 3.37. The molecular weight excluding hydrogens is 580 g/mol. The molecular formula is C30H34ClF2N7OS. The molecule has 4 aromatic rings. The van der Waals surface area contributed by atoms with Gasteiger partial charge < -0.3 is 20.7 Å². The lowest BCUT2D eigenvalue weighted by Gasteiger charge is -2.47. The first kappa shape index (κ1) is 27.9. The number of piperidine rings is 2. The highest BCUT2D eigenvalue weighted by molar-refractivity contribution is 7.22. The van der Waals surface area contributed by atoms with Crippen LogP contribution in [0.5, 0.6) is 6.01 Å². The van der Waals surface area contributed by atoms with E-state index in [9.17, 15) is 4.39 Å². The predicted octanol–water partition coefficient (Wildman–Crippen LogP) is 6.00. The number of anilines is 2. The van der Waals surface area contributed by atoms with Crippen molar-refractivity contribution in [1.82, 2.24) is 25.2 Å². The Morgan fingerprint density at radius 1 is 1.07 bits per heavy atom. The molecule has 5 heterocycles. The molecule has 3 N–H and O–H groups in total. The second kappa shape index (κ2) is 11.3. The van der Waals surface area contributed by atoms with E-state index in [1.54, 1.807) is 6.07 Å². The molecule has 3 fully saturated rings. The molecule has 2 aromatic carbocycles. The van der Waals surface area contributed by atoms with Gasteiger partial charge in [0.25, 0.3) is 0 Å². The predicted molar refractivity (Wildman–Crippen MR) is 165 cm³/mol. The van der Waals surface area contributed by atoms with Crippen LogP contribution < -0.4 is 20.7 Å². The smallest absolute Gasteiger partial charge is 0.319 e. The van der Waals surface area contributed by atoms with Gasteiger partial charge in [0, 0.05) is 48.2 Å². The molecule has 0 amide bonds. The third-order valence-electron chi connectivity index (χ3n) is 8.76. The van der Waals surface area contributed by atoms with Crippen LogP contribution in [-0.2, 0) is 0 Å². The number of benzene rings is 2. The lowest BCUT2D eigenvalue weighted by Crippen LogP contribution is -2.60. The van der Waals surface area contributed by atoms with Gasteiger partial charge in [-0.2, -0.15) is 9.97 Å². The Labute approximate surface area is 252 Å². The molecule has 7 rings (SSSR count). The second-order valence-electron chi connectivity index (χ2n) is 11.7. The van der Waals surface area contributed by atoms with E-state index in [0.717, 1.165) is 63.3 Å². The van der Waals surface area contributed by atoms with Crippen LogP contribution in [0, 0.1) is 11.6 Å². The lowest BCUT2D eigenvalue weighted by molar-refractivity contribution is 0.122. The van der Waals surface area contributed by atoms with Gasteiger partial charge in [-0.25, -0.2) is 13.8 Å². The summed E-state index contributed by atoms with van der Waals surface area (Å²) in [6, 6.07) is 5.12. The topological polar surface area (TPSA) is 92.4 Å². The van der Waals surface area contributed by atoms with Crippen LogP contribution in [0.25, 0.3) is 32.2 Å². The van der Waals surface area contributed by atoms with Crippen LogP contribution in [0.15, 0.2) is 18.2 Å². The van der Waals surface area contributed by atoms with Gasteiger partial charge in [-0.15, -0.1) is 0 Å². The molecule has 2 bridgehead atoms. The van der Waals surface area contributed by atoms with Crippen molar-refractivity contribution in [2.45, 2.75) is 63.6 Å². The summed E-state index contributed by atoms with van der Waals surface area (Å²) in [4.78, 5) is 18.6. The fourth-order valence-corrected chi connectivity index (χ4v) is 7.96. The number of nitrogens with one attached hydrogen (secondary N) is 1. The number of fused-ring (bicyclic) bond motifs is 4. The summed E-state index contributed by atoms with van der Waals surface area (Å²) in [5, 5.41) is 4.44. The molecule has 0 saturated carbocycles. The monoisotopic (exact) mass is 613 g/mol. The van der Waals surface area contributed by atoms with E-state index >= 15 is 4.39 Å². The number of rotatable bonds is 6. The number of halogens is 3. The molecule has 3 unspecified atom stereocenters. The van der Waals surface area contributed by atoms with Crippen LogP contribution in [0.1, 0.15) is 45.4 Å².